The predicted molar refractivity (Wildman–Crippen MR) is 73.6 cm³/mol. The van der Waals surface area contributed by atoms with Gasteiger partial charge in [0.15, 0.2) is 0 Å². The summed E-state index contributed by atoms with van der Waals surface area (Å²) in [6.07, 6.45) is 2.61. The van der Waals surface area contributed by atoms with Crippen LogP contribution in [0.4, 0.5) is 0 Å². The number of carbonyl (C=O) groups excluding carboxylic acids is 1. The summed E-state index contributed by atoms with van der Waals surface area (Å²) in [5.41, 5.74) is 3.75. The van der Waals surface area contributed by atoms with Gasteiger partial charge in [0.2, 0.25) is 5.91 Å². The number of carbonyl (C=O) groups is 1. The Morgan fingerprint density at radius 3 is 3.00 bits per heavy atom. The smallest absolute Gasteiger partial charge is 0.249 e. The lowest BCUT2D eigenvalue weighted by molar-refractivity contribution is -0.173. The third-order valence-corrected chi connectivity index (χ3v) is 4.03. The Morgan fingerprint density at radius 1 is 1.42 bits per heavy atom. The van der Waals surface area contributed by atoms with Gasteiger partial charge in [0.25, 0.3) is 0 Å². The molecule has 0 aliphatic heterocycles. The molecule has 19 heavy (non-hydrogen) atoms. The number of nitrogens with zero attached hydrogens (tertiary/aromatic N) is 1. The van der Waals surface area contributed by atoms with Gasteiger partial charge in [-0.25, -0.2) is 5.06 Å². The number of aromatic amines is 1. The Balaban J connectivity index is 1.93. The summed E-state index contributed by atoms with van der Waals surface area (Å²) in [6, 6.07) is 8.29. The average Bonchev–Trinajstić information content (AvgIpc) is 2.83. The summed E-state index contributed by atoms with van der Waals surface area (Å²) in [4.78, 5) is 20.6. The first kappa shape index (κ1) is 12.2. The van der Waals surface area contributed by atoms with Gasteiger partial charge >= 0.3 is 0 Å². The molecular weight excluding hydrogens is 240 g/mol. The Kier molecular flexibility index (Phi) is 3.03. The highest BCUT2D eigenvalue weighted by Crippen LogP contribution is 2.32. The maximum absolute atomic E-state index is 12.2. The second-order valence-electron chi connectivity index (χ2n) is 5.09. The molecule has 0 bridgehead atoms. The number of para-hydroxylation sites is 1. The number of H-pyrrole nitrogens is 1. The van der Waals surface area contributed by atoms with Gasteiger partial charge in [-0.1, -0.05) is 18.2 Å². The fourth-order valence-corrected chi connectivity index (χ4v) is 2.93. The maximum Gasteiger partial charge on any atom is 0.249 e. The average molecular weight is 258 g/mol. The minimum Gasteiger partial charge on any atom is -0.358 e. The minimum absolute atomic E-state index is 0.0247. The highest BCUT2D eigenvalue weighted by atomic mass is 16.7. The third-order valence-electron chi connectivity index (χ3n) is 4.03. The van der Waals surface area contributed by atoms with E-state index in [-0.39, 0.29) is 11.8 Å². The van der Waals surface area contributed by atoms with Gasteiger partial charge in [-0.2, -0.15) is 0 Å². The van der Waals surface area contributed by atoms with E-state index in [1.165, 1.54) is 34.3 Å². The van der Waals surface area contributed by atoms with E-state index in [4.69, 9.17) is 4.84 Å². The molecule has 0 saturated heterocycles. The number of aromatic nitrogens is 1. The van der Waals surface area contributed by atoms with Gasteiger partial charge in [0, 0.05) is 29.6 Å². The molecule has 0 radical (unpaired) electrons. The molecule has 4 nitrogen and oxygen atoms in total. The largest absolute Gasteiger partial charge is 0.358 e. The zero-order chi connectivity index (χ0) is 13.4. The number of aryl methyl sites for hydroxylation is 1. The van der Waals surface area contributed by atoms with Crippen LogP contribution < -0.4 is 0 Å². The fraction of sp³-hybridized carbons (Fsp3) is 0.400. The molecule has 1 aromatic carbocycles. The Labute approximate surface area is 112 Å². The molecule has 100 valence electrons. The van der Waals surface area contributed by atoms with Gasteiger partial charge in [0.1, 0.15) is 0 Å². The molecule has 1 heterocycles. The van der Waals surface area contributed by atoms with E-state index >= 15 is 0 Å². The zero-order valence-electron chi connectivity index (χ0n) is 11.3. The molecule has 1 unspecified atom stereocenters. The topological polar surface area (TPSA) is 45.3 Å². The first-order valence-corrected chi connectivity index (χ1v) is 6.61. The van der Waals surface area contributed by atoms with Crippen molar-refractivity contribution in [1.29, 1.82) is 0 Å². The summed E-state index contributed by atoms with van der Waals surface area (Å²) < 4.78 is 0. The monoisotopic (exact) mass is 258 g/mol. The molecule has 0 spiro atoms. The van der Waals surface area contributed by atoms with Crippen molar-refractivity contribution in [2.24, 2.45) is 5.92 Å². The second-order valence-corrected chi connectivity index (χ2v) is 5.09. The Bertz CT molecular complexity index is 618. The van der Waals surface area contributed by atoms with Crippen LogP contribution in [-0.2, 0) is 22.5 Å². The van der Waals surface area contributed by atoms with Crippen molar-refractivity contribution < 1.29 is 9.63 Å². The standard InChI is InChI=1S/C15H18N2O2/c1-17(19-2)15(18)10-7-8-14-12(9-10)11-5-3-4-6-13(11)16-14/h3-6,10,16H,7-9H2,1-2H3. The lowest BCUT2D eigenvalue weighted by Crippen LogP contribution is -2.35. The van der Waals surface area contributed by atoms with E-state index < -0.39 is 0 Å². The molecule has 1 aliphatic carbocycles. The summed E-state index contributed by atoms with van der Waals surface area (Å²) >= 11 is 0. The molecule has 0 fully saturated rings. The Hall–Kier alpha value is -1.81. The van der Waals surface area contributed by atoms with E-state index in [1.807, 2.05) is 12.1 Å². The molecule has 4 heteroatoms. The van der Waals surface area contributed by atoms with Gasteiger partial charge in [0.05, 0.1) is 7.11 Å². The van der Waals surface area contributed by atoms with Crippen molar-refractivity contribution in [3.05, 3.63) is 35.5 Å². The van der Waals surface area contributed by atoms with Crippen molar-refractivity contribution in [1.82, 2.24) is 10.0 Å². The number of rotatable bonds is 2. The third kappa shape index (κ3) is 2.02. The normalized spacial score (nSPS) is 18.3. The number of hydrogen-bond acceptors (Lipinski definition) is 2. The highest BCUT2D eigenvalue weighted by molar-refractivity contribution is 5.86. The van der Waals surface area contributed by atoms with Gasteiger partial charge in [-0.05, 0) is 30.9 Å². The number of nitrogens with one attached hydrogen (secondary N) is 1. The molecule has 1 aliphatic rings. The zero-order valence-corrected chi connectivity index (χ0v) is 11.3. The van der Waals surface area contributed by atoms with Gasteiger partial charge in [-0.15, -0.1) is 0 Å². The summed E-state index contributed by atoms with van der Waals surface area (Å²) in [7, 11) is 3.20. The first-order chi connectivity index (χ1) is 9.20. The van der Waals surface area contributed by atoms with Crippen LogP contribution in [0.15, 0.2) is 24.3 Å². The summed E-state index contributed by atoms with van der Waals surface area (Å²) in [6.45, 7) is 0. The van der Waals surface area contributed by atoms with Crippen LogP contribution in [0.1, 0.15) is 17.7 Å². The molecule has 3 rings (SSSR count). The van der Waals surface area contributed by atoms with E-state index in [0.29, 0.717) is 0 Å². The van der Waals surface area contributed by atoms with Crippen molar-refractivity contribution in [2.45, 2.75) is 19.3 Å². The molecule has 1 atom stereocenters. The number of benzene rings is 1. The second kappa shape index (κ2) is 4.70. The van der Waals surface area contributed by atoms with E-state index in [0.717, 1.165) is 19.3 Å². The van der Waals surface area contributed by atoms with E-state index in [2.05, 4.69) is 17.1 Å². The SMILES string of the molecule is CON(C)C(=O)C1CCc2[nH]c3ccccc3c2C1. The van der Waals surface area contributed by atoms with Crippen LogP contribution in [0.2, 0.25) is 0 Å². The Morgan fingerprint density at radius 2 is 2.21 bits per heavy atom. The van der Waals surface area contributed by atoms with Crippen LogP contribution in [0.25, 0.3) is 10.9 Å². The van der Waals surface area contributed by atoms with Crippen LogP contribution >= 0.6 is 0 Å². The molecule has 1 N–H and O–H groups in total. The van der Waals surface area contributed by atoms with Crippen LogP contribution in [-0.4, -0.2) is 30.1 Å². The van der Waals surface area contributed by atoms with Crippen molar-refractivity contribution in [3.8, 4) is 0 Å². The molecular formula is C15H18N2O2. The number of fused-ring (bicyclic) bond motifs is 3. The fourth-order valence-electron chi connectivity index (χ4n) is 2.93. The van der Waals surface area contributed by atoms with Gasteiger partial charge in [-0.3, -0.25) is 9.63 Å². The quantitative estimate of drug-likeness (QED) is 0.840. The maximum atomic E-state index is 12.2. The van der Waals surface area contributed by atoms with Crippen molar-refractivity contribution in [3.63, 3.8) is 0 Å². The van der Waals surface area contributed by atoms with E-state index in [1.54, 1.807) is 7.05 Å². The van der Waals surface area contributed by atoms with Crippen LogP contribution in [0.3, 0.4) is 0 Å². The van der Waals surface area contributed by atoms with E-state index in [9.17, 15) is 4.79 Å². The first-order valence-electron chi connectivity index (χ1n) is 6.61. The lowest BCUT2D eigenvalue weighted by Gasteiger charge is -2.25. The molecule has 1 amide bonds. The van der Waals surface area contributed by atoms with Crippen molar-refractivity contribution in [2.75, 3.05) is 14.2 Å². The molecule has 1 aromatic heterocycles. The predicted octanol–water partition coefficient (Wildman–Crippen LogP) is 2.29. The number of hydrogen-bond donors (Lipinski definition) is 1. The van der Waals surface area contributed by atoms with Crippen LogP contribution in [0.5, 0.6) is 0 Å². The summed E-state index contributed by atoms with van der Waals surface area (Å²) in [5, 5.41) is 2.58. The minimum atomic E-state index is 0.0247. The van der Waals surface area contributed by atoms with Gasteiger partial charge < -0.3 is 4.98 Å². The van der Waals surface area contributed by atoms with Crippen LogP contribution in [0, 0.1) is 5.92 Å². The summed E-state index contributed by atoms with van der Waals surface area (Å²) in [5.74, 6) is 0.0927. The number of amides is 1. The van der Waals surface area contributed by atoms with Crippen molar-refractivity contribution >= 4 is 16.8 Å². The lowest BCUT2D eigenvalue weighted by atomic mass is 9.86. The number of hydroxylamine groups is 2. The highest BCUT2D eigenvalue weighted by Gasteiger charge is 2.29. The molecule has 0 saturated carbocycles. The molecule has 2 aromatic rings.